The van der Waals surface area contributed by atoms with Crippen molar-refractivity contribution in [1.82, 2.24) is 10.6 Å². The summed E-state index contributed by atoms with van der Waals surface area (Å²) in [5, 5.41) is 6.25. The smallest absolute Gasteiger partial charge is 0.191 e. The van der Waals surface area contributed by atoms with E-state index in [0.717, 1.165) is 5.56 Å². The van der Waals surface area contributed by atoms with Crippen LogP contribution in [0.1, 0.15) is 11.1 Å². The summed E-state index contributed by atoms with van der Waals surface area (Å²) in [6.45, 7) is 4.64. The molecule has 1 aromatic rings. The second kappa shape index (κ2) is 12.6. The second-order valence-electron chi connectivity index (χ2n) is 4.54. The number of methoxy groups -OCH3 is 1. The van der Waals surface area contributed by atoms with Crippen molar-refractivity contribution >= 4 is 29.9 Å². The minimum atomic E-state index is -0.191. The Morgan fingerprint density at radius 1 is 1.23 bits per heavy atom. The van der Waals surface area contributed by atoms with Crippen molar-refractivity contribution in [1.29, 1.82) is 0 Å². The minimum absolute atomic E-state index is 0. The topological polar surface area (TPSA) is 54.9 Å². The largest absolute Gasteiger partial charge is 0.382 e. The normalized spacial score (nSPS) is 11.0. The fourth-order valence-corrected chi connectivity index (χ4v) is 1.64. The molecule has 0 amide bonds. The third-order valence-electron chi connectivity index (χ3n) is 2.89. The van der Waals surface area contributed by atoms with Gasteiger partial charge in [0.15, 0.2) is 5.96 Å². The molecule has 0 bridgehead atoms. The maximum absolute atomic E-state index is 13.4. The number of halogens is 2. The van der Waals surface area contributed by atoms with E-state index in [4.69, 9.17) is 9.47 Å². The number of nitrogens with one attached hydrogen (secondary N) is 2. The summed E-state index contributed by atoms with van der Waals surface area (Å²) in [6.07, 6.45) is 0. The molecule has 1 aromatic carbocycles. The first-order chi connectivity index (χ1) is 10.2. The number of aryl methyl sites for hydroxylation is 1. The standard InChI is InChI=1S/C15H24FN3O2.HI/c1-12-4-5-13(10-14(12)16)11-19-15(17-2)18-6-7-21-9-8-20-3;/h4-5,10H,6-9,11H2,1-3H3,(H2,17,18,19);1H. The van der Waals surface area contributed by atoms with Crippen molar-refractivity contribution in [3.63, 3.8) is 0 Å². The van der Waals surface area contributed by atoms with Crippen molar-refractivity contribution < 1.29 is 13.9 Å². The van der Waals surface area contributed by atoms with E-state index in [-0.39, 0.29) is 29.8 Å². The van der Waals surface area contributed by atoms with Crippen LogP contribution in [0.5, 0.6) is 0 Å². The minimum Gasteiger partial charge on any atom is -0.382 e. The molecule has 5 nitrogen and oxygen atoms in total. The molecule has 22 heavy (non-hydrogen) atoms. The number of benzene rings is 1. The molecule has 0 aliphatic rings. The zero-order chi connectivity index (χ0) is 15.5. The first kappa shape index (κ1) is 21.1. The molecule has 2 N–H and O–H groups in total. The van der Waals surface area contributed by atoms with Crippen molar-refractivity contribution in [2.24, 2.45) is 4.99 Å². The zero-order valence-electron chi connectivity index (χ0n) is 13.3. The third kappa shape index (κ3) is 8.50. The lowest BCUT2D eigenvalue weighted by Gasteiger charge is -2.12. The molecule has 0 aromatic heterocycles. The zero-order valence-corrected chi connectivity index (χ0v) is 15.6. The molecule has 0 atom stereocenters. The van der Waals surface area contributed by atoms with Gasteiger partial charge in [-0.3, -0.25) is 4.99 Å². The van der Waals surface area contributed by atoms with Crippen molar-refractivity contribution in [2.75, 3.05) is 40.5 Å². The molecule has 0 fully saturated rings. The van der Waals surface area contributed by atoms with Gasteiger partial charge in [-0.2, -0.15) is 0 Å². The Morgan fingerprint density at radius 3 is 2.64 bits per heavy atom. The number of hydrogen-bond donors (Lipinski definition) is 2. The van der Waals surface area contributed by atoms with E-state index in [1.54, 1.807) is 27.1 Å². The van der Waals surface area contributed by atoms with Crippen molar-refractivity contribution in [3.05, 3.63) is 35.1 Å². The highest BCUT2D eigenvalue weighted by Gasteiger charge is 2.01. The van der Waals surface area contributed by atoms with E-state index < -0.39 is 0 Å². The van der Waals surface area contributed by atoms with Gasteiger partial charge in [-0.25, -0.2) is 4.39 Å². The molecule has 0 aliphatic carbocycles. The summed E-state index contributed by atoms with van der Waals surface area (Å²) in [5.74, 6) is 0.468. The molecular weight excluding hydrogens is 400 g/mol. The Kier molecular flexibility index (Phi) is 12.1. The molecule has 0 spiro atoms. The molecule has 0 heterocycles. The fraction of sp³-hybridized carbons (Fsp3) is 0.533. The van der Waals surface area contributed by atoms with Crippen LogP contribution >= 0.6 is 24.0 Å². The lowest BCUT2D eigenvalue weighted by molar-refractivity contribution is 0.0733. The predicted molar refractivity (Wildman–Crippen MR) is 97.4 cm³/mol. The van der Waals surface area contributed by atoms with Crippen LogP contribution in [-0.4, -0.2) is 46.5 Å². The van der Waals surface area contributed by atoms with Gasteiger partial charge in [0.2, 0.25) is 0 Å². The van der Waals surface area contributed by atoms with E-state index in [1.165, 1.54) is 6.07 Å². The van der Waals surface area contributed by atoms with Gasteiger partial charge < -0.3 is 20.1 Å². The van der Waals surface area contributed by atoms with Crippen LogP contribution in [0, 0.1) is 12.7 Å². The first-order valence-electron chi connectivity index (χ1n) is 6.93. The molecule has 0 saturated heterocycles. The van der Waals surface area contributed by atoms with Crippen molar-refractivity contribution in [2.45, 2.75) is 13.5 Å². The number of rotatable bonds is 8. The summed E-state index contributed by atoms with van der Waals surface area (Å²) in [5.41, 5.74) is 1.52. The molecule has 0 unspecified atom stereocenters. The number of ether oxygens (including phenoxy) is 2. The second-order valence-corrected chi connectivity index (χ2v) is 4.54. The van der Waals surface area contributed by atoms with E-state index in [1.807, 2.05) is 6.07 Å². The molecular formula is C15H25FIN3O2. The van der Waals surface area contributed by atoms with Gasteiger partial charge in [-0.15, -0.1) is 24.0 Å². The van der Waals surface area contributed by atoms with Crippen LogP contribution in [0.4, 0.5) is 4.39 Å². The van der Waals surface area contributed by atoms with Crippen LogP contribution in [0.3, 0.4) is 0 Å². The summed E-state index contributed by atoms with van der Waals surface area (Å²) in [4.78, 5) is 4.10. The maximum Gasteiger partial charge on any atom is 0.191 e. The lowest BCUT2D eigenvalue weighted by Crippen LogP contribution is -2.38. The predicted octanol–water partition coefficient (Wildman–Crippen LogP) is 2.08. The summed E-state index contributed by atoms with van der Waals surface area (Å²) >= 11 is 0. The number of hydrogen-bond acceptors (Lipinski definition) is 3. The van der Waals surface area contributed by atoms with Gasteiger partial charge in [0.1, 0.15) is 5.82 Å². The Bertz CT molecular complexity index is 458. The number of aliphatic imine (C=N–C) groups is 1. The summed E-state index contributed by atoms with van der Waals surface area (Å²) in [6, 6.07) is 5.20. The van der Waals surface area contributed by atoms with Crippen LogP contribution < -0.4 is 10.6 Å². The van der Waals surface area contributed by atoms with Gasteiger partial charge in [-0.1, -0.05) is 12.1 Å². The highest BCUT2D eigenvalue weighted by atomic mass is 127. The van der Waals surface area contributed by atoms with Gasteiger partial charge in [-0.05, 0) is 24.1 Å². The van der Waals surface area contributed by atoms with Crippen LogP contribution in [0.2, 0.25) is 0 Å². The van der Waals surface area contributed by atoms with Gasteiger partial charge in [0.05, 0.1) is 19.8 Å². The Labute approximate surface area is 148 Å². The maximum atomic E-state index is 13.4. The van der Waals surface area contributed by atoms with E-state index >= 15 is 0 Å². The van der Waals surface area contributed by atoms with Crippen LogP contribution in [0.25, 0.3) is 0 Å². The Hall–Kier alpha value is -0.930. The Morgan fingerprint density at radius 2 is 2.00 bits per heavy atom. The van der Waals surface area contributed by atoms with Gasteiger partial charge in [0, 0.05) is 27.2 Å². The molecule has 0 saturated carbocycles. The SMILES string of the molecule is CN=C(NCCOCCOC)NCc1ccc(C)c(F)c1.I. The average molecular weight is 425 g/mol. The molecule has 0 radical (unpaired) electrons. The molecule has 1 rings (SSSR count). The van der Waals surface area contributed by atoms with E-state index in [0.29, 0.717) is 44.4 Å². The summed E-state index contributed by atoms with van der Waals surface area (Å²) in [7, 11) is 3.33. The van der Waals surface area contributed by atoms with Crippen LogP contribution in [-0.2, 0) is 16.0 Å². The number of guanidine groups is 1. The van der Waals surface area contributed by atoms with E-state index in [9.17, 15) is 4.39 Å². The van der Waals surface area contributed by atoms with Crippen molar-refractivity contribution in [3.8, 4) is 0 Å². The van der Waals surface area contributed by atoms with Gasteiger partial charge >= 0.3 is 0 Å². The van der Waals surface area contributed by atoms with Crippen LogP contribution in [0.15, 0.2) is 23.2 Å². The third-order valence-corrected chi connectivity index (χ3v) is 2.89. The summed E-state index contributed by atoms with van der Waals surface area (Å²) < 4.78 is 23.7. The van der Waals surface area contributed by atoms with E-state index in [2.05, 4.69) is 15.6 Å². The Balaban J connectivity index is 0.00000441. The highest BCUT2D eigenvalue weighted by molar-refractivity contribution is 14.0. The average Bonchev–Trinajstić information content (AvgIpc) is 2.49. The van der Waals surface area contributed by atoms with Gasteiger partial charge in [0.25, 0.3) is 0 Å². The molecule has 126 valence electrons. The molecule has 7 heteroatoms. The fourth-order valence-electron chi connectivity index (χ4n) is 1.64. The number of nitrogens with zero attached hydrogens (tertiary/aromatic N) is 1. The highest BCUT2D eigenvalue weighted by Crippen LogP contribution is 2.08. The lowest BCUT2D eigenvalue weighted by atomic mass is 10.1. The monoisotopic (exact) mass is 425 g/mol. The quantitative estimate of drug-likeness (QED) is 0.290. The molecule has 0 aliphatic heterocycles. The first-order valence-corrected chi connectivity index (χ1v) is 6.93.